The number of piperidine rings is 1. The Hall–Kier alpha value is -2.75. The molecule has 0 unspecified atom stereocenters. The smallest absolute Gasteiger partial charge is 0.243 e. The highest BCUT2D eigenvalue weighted by Gasteiger charge is 2.25. The number of aromatic nitrogens is 2. The number of carbonyl (C=O) groups excluding carboxylic acids is 1. The Morgan fingerprint density at radius 1 is 1.00 bits per heavy atom. The molecule has 1 aromatic heterocycles. The van der Waals surface area contributed by atoms with Crippen molar-refractivity contribution in [3.05, 3.63) is 66.5 Å². The zero-order valence-electron chi connectivity index (χ0n) is 19.1. The first-order chi connectivity index (χ1) is 16.4. The van der Waals surface area contributed by atoms with Crippen LogP contribution in [0.1, 0.15) is 31.5 Å². The molecule has 9 heteroatoms. The molecule has 0 aliphatic carbocycles. The molecule has 1 N–H and O–H groups in total. The number of amides is 1. The topological polar surface area (TPSA) is 92.3 Å². The zero-order chi connectivity index (χ0) is 24.0. The number of hydrogen-bond donors (Lipinski definition) is 1. The Balaban J connectivity index is 1.30. The van der Waals surface area contributed by atoms with E-state index < -0.39 is 10.0 Å². The van der Waals surface area contributed by atoms with Crippen molar-refractivity contribution in [1.29, 1.82) is 0 Å². The number of thioether (sulfide) groups is 1. The van der Waals surface area contributed by atoms with E-state index in [1.165, 1.54) is 11.8 Å². The van der Waals surface area contributed by atoms with E-state index >= 15 is 0 Å². The lowest BCUT2D eigenvalue weighted by Crippen LogP contribution is -2.35. The summed E-state index contributed by atoms with van der Waals surface area (Å²) in [4.78, 5) is 21.6. The van der Waals surface area contributed by atoms with Crippen LogP contribution in [0.15, 0.2) is 70.6 Å². The van der Waals surface area contributed by atoms with E-state index in [0.29, 0.717) is 36.8 Å². The first-order valence-corrected chi connectivity index (χ1v) is 13.8. The summed E-state index contributed by atoms with van der Waals surface area (Å²) in [5, 5.41) is 3.67. The van der Waals surface area contributed by atoms with Crippen LogP contribution in [0.2, 0.25) is 0 Å². The molecule has 178 valence electrons. The fourth-order valence-corrected chi connectivity index (χ4v) is 6.21. The summed E-state index contributed by atoms with van der Waals surface area (Å²) in [5.74, 6) is 1.12. The van der Waals surface area contributed by atoms with Gasteiger partial charge >= 0.3 is 0 Å². The molecule has 0 spiro atoms. The monoisotopic (exact) mass is 496 g/mol. The second kappa shape index (κ2) is 11.1. The summed E-state index contributed by atoms with van der Waals surface area (Å²) in [6.07, 6.45) is 3.17. The standard InChI is InChI=1S/C25H28N4O3S2/c1-19-26-23(20-8-4-2-5-9-20)18-25(27-19)33-17-14-24(30)28-21-10-12-22(13-11-21)34(31,32)29-15-6-3-7-16-29/h2,4-5,8-13,18H,3,6-7,14-17H2,1H3,(H,28,30). The Bertz CT molecular complexity index is 1230. The maximum atomic E-state index is 12.8. The maximum absolute atomic E-state index is 12.8. The minimum absolute atomic E-state index is 0.131. The molecule has 1 fully saturated rings. The number of nitrogens with one attached hydrogen (secondary N) is 1. The molecule has 34 heavy (non-hydrogen) atoms. The average molecular weight is 497 g/mol. The van der Waals surface area contributed by atoms with Gasteiger partial charge in [0.05, 0.1) is 10.6 Å². The first-order valence-electron chi connectivity index (χ1n) is 11.4. The predicted molar refractivity (Wildman–Crippen MR) is 135 cm³/mol. The second-order valence-corrected chi connectivity index (χ2v) is 11.2. The van der Waals surface area contributed by atoms with Gasteiger partial charge in [0.2, 0.25) is 15.9 Å². The van der Waals surface area contributed by atoms with E-state index in [1.54, 1.807) is 28.6 Å². The van der Waals surface area contributed by atoms with Crippen molar-refractivity contribution in [2.75, 3.05) is 24.2 Å². The summed E-state index contributed by atoms with van der Waals surface area (Å²) < 4.78 is 27.1. The molecule has 3 aromatic rings. The minimum Gasteiger partial charge on any atom is -0.326 e. The summed E-state index contributed by atoms with van der Waals surface area (Å²) in [5.41, 5.74) is 2.47. The normalized spacial score (nSPS) is 14.6. The Morgan fingerprint density at radius 3 is 2.41 bits per heavy atom. The van der Waals surface area contributed by atoms with Gasteiger partial charge in [-0.25, -0.2) is 18.4 Å². The third kappa shape index (κ3) is 6.22. The molecule has 1 aliphatic heterocycles. The lowest BCUT2D eigenvalue weighted by molar-refractivity contribution is -0.115. The number of carbonyl (C=O) groups is 1. The first kappa shape index (κ1) is 24.4. The van der Waals surface area contributed by atoms with Crippen molar-refractivity contribution in [2.45, 2.75) is 42.5 Å². The quantitative estimate of drug-likeness (QED) is 0.357. The largest absolute Gasteiger partial charge is 0.326 e. The molecule has 1 aliphatic rings. The number of sulfonamides is 1. The molecule has 0 saturated carbocycles. The second-order valence-electron chi connectivity index (χ2n) is 8.14. The zero-order valence-corrected chi connectivity index (χ0v) is 20.7. The van der Waals surface area contributed by atoms with Gasteiger partial charge in [-0.15, -0.1) is 11.8 Å². The fourth-order valence-electron chi connectivity index (χ4n) is 3.81. The molecular formula is C25H28N4O3S2. The van der Waals surface area contributed by atoms with Crippen LogP contribution in [0.5, 0.6) is 0 Å². The highest BCUT2D eigenvalue weighted by Crippen LogP contribution is 2.24. The Morgan fingerprint density at radius 2 is 1.71 bits per heavy atom. The summed E-state index contributed by atoms with van der Waals surface area (Å²) in [7, 11) is -3.47. The number of aryl methyl sites for hydroxylation is 1. The third-order valence-corrected chi connectivity index (χ3v) is 8.38. The van der Waals surface area contributed by atoms with Crippen LogP contribution >= 0.6 is 11.8 Å². The Labute approximate surface area is 205 Å². The van der Waals surface area contributed by atoms with Gasteiger partial charge in [-0.3, -0.25) is 4.79 Å². The molecule has 0 bridgehead atoms. The average Bonchev–Trinajstić information content (AvgIpc) is 2.85. The molecular weight excluding hydrogens is 468 g/mol. The number of hydrogen-bond acceptors (Lipinski definition) is 6. The van der Waals surface area contributed by atoms with E-state index in [0.717, 1.165) is 35.5 Å². The van der Waals surface area contributed by atoms with Gasteiger partial charge in [0.15, 0.2) is 0 Å². The van der Waals surface area contributed by atoms with Crippen LogP contribution < -0.4 is 5.32 Å². The van der Waals surface area contributed by atoms with Crippen molar-refractivity contribution < 1.29 is 13.2 Å². The van der Waals surface area contributed by atoms with E-state index in [1.807, 2.05) is 43.3 Å². The summed E-state index contributed by atoms with van der Waals surface area (Å²) >= 11 is 1.51. The summed E-state index contributed by atoms with van der Waals surface area (Å²) in [6.45, 7) is 2.99. The van der Waals surface area contributed by atoms with Crippen molar-refractivity contribution in [2.24, 2.45) is 0 Å². The molecule has 2 aromatic carbocycles. The fraction of sp³-hybridized carbons (Fsp3) is 0.320. The van der Waals surface area contributed by atoms with E-state index in [2.05, 4.69) is 15.3 Å². The van der Waals surface area contributed by atoms with Crippen LogP contribution in [-0.2, 0) is 14.8 Å². The lowest BCUT2D eigenvalue weighted by atomic mass is 10.1. The molecule has 7 nitrogen and oxygen atoms in total. The van der Waals surface area contributed by atoms with E-state index in [-0.39, 0.29) is 10.8 Å². The summed E-state index contributed by atoms with van der Waals surface area (Å²) in [6, 6.07) is 18.3. The number of nitrogens with zero attached hydrogens (tertiary/aromatic N) is 3. The van der Waals surface area contributed by atoms with Crippen LogP contribution in [0.4, 0.5) is 5.69 Å². The van der Waals surface area contributed by atoms with E-state index in [4.69, 9.17) is 0 Å². The molecule has 0 radical (unpaired) electrons. The number of rotatable bonds is 8. The maximum Gasteiger partial charge on any atom is 0.243 e. The van der Waals surface area contributed by atoms with Gasteiger partial charge in [0, 0.05) is 36.5 Å². The molecule has 0 atom stereocenters. The van der Waals surface area contributed by atoms with E-state index in [9.17, 15) is 13.2 Å². The molecule has 2 heterocycles. The molecule has 1 saturated heterocycles. The van der Waals surface area contributed by atoms with Gasteiger partial charge in [0.1, 0.15) is 10.9 Å². The molecule has 4 rings (SSSR count). The van der Waals surface area contributed by atoms with Crippen molar-refractivity contribution >= 4 is 33.4 Å². The van der Waals surface area contributed by atoms with Gasteiger partial charge in [-0.05, 0) is 50.1 Å². The van der Waals surface area contributed by atoms with Crippen molar-refractivity contribution in [1.82, 2.24) is 14.3 Å². The van der Waals surface area contributed by atoms with Gasteiger partial charge in [-0.2, -0.15) is 4.31 Å². The SMILES string of the molecule is Cc1nc(SCCC(=O)Nc2ccc(S(=O)(=O)N3CCCCC3)cc2)cc(-c2ccccc2)n1. The van der Waals surface area contributed by atoms with Crippen molar-refractivity contribution in [3.63, 3.8) is 0 Å². The van der Waals surface area contributed by atoms with Crippen LogP contribution in [0, 0.1) is 6.92 Å². The lowest BCUT2D eigenvalue weighted by Gasteiger charge is -2.25. The van der Waals surface area contributed by atoms with Crippen LogP contribution in [-0.4, -0.2) is 47.4 Å². The van der Waals surface area contributed by atoms with Gasteiger partial charge < -0.3 is 5.32 Å². The highest BCUT2D eigenvalue weighted by atomic mass is 32.2. The highest BCUT2D eigenvalue weighted by molar-refractivity contribution is 7.99. The van der Waals surface area contributed by atoms with Crippen LogP contribution in [0.3, 0.4) is 0 Å². The van der Waals surface area contributed by atoms with Gasteiger partial charge in [-0.1, -0.05) is 36.8 Å². The number of benzene rings is 2. The molecule has 1 amide bonds. The van der Waals surface area contributed by atoms with Crippen LogP contribution in [0.25, 0.3) is 11.3 Å². The predicted octanol–water partition coefficient (Wildman–Crippen LogP) is 4.75. The third-order valence-electron chi connectivity index (χ3n) is 5.55. The van der Waals surface area contributed by atoms with Crippen molar-refractivity contribution in [3.8, 4) is 11.3 Å². The number of anilines is 1. The minimum atomic E-state index is -3.47. The van der Waals surface area contributed by atoms with Gasteiger partial charge in [0.25, 0.3) is 0 Å². The Kier molecular flexibility index (Phi) is 7.97.